The minimum absolute atomic E-state index is 0.135. The van der Waals surface area contributed by atoms with Crippen LogP contribution in [0.5, 0.6) is 0 Å². The number of hydrogen-bond acceptors (Lipinski definition) is 6. The Morgan fingerprint density at radius 2 is 1.94 bits per heavy atom. The van der Waals surface area contributed by atoms with Gasteiger partial charge in [0.05, 0.1) is 5.25 Å². The smallest absolute Gasteiger partial charge is 0.250 e. The summed E-state index contributed by atoms with van der Waals surface area (Å²) in [7, 11) is 0. The molecule has 1 unspecified atom stereocenters. The van der Waals surface area contributed by atoms with Crippen molar-refractivity contribution in [1.82, 2.24) is 10.2 Å². The van der Waals surface area contributed by atoms with E-state index >= 15 is 0 Å². The quantitative estimate of drug-likeness (QED) is 0.251. The van der Waals surface area contributed by atoms with Crippen LogP contribution < -0.4 is 10.6 Å². The second kappa shape index (κ2) is 11.1. The van der Waals surface area contributed by atoms with Gasteiger partial charge >= 0.3 is 0 Å². The molecular weight excluding hydrogens is 452 g/mol. The van der Waals surface area contributed by atoms with E-state index in [1.807, 2.05) is 50.2 Å². The fourth-order valence-corrected chi connectivity index (χ4v) is 4.67. The zero-order chi connectivity index (χ0) is 22.2. The fraction of sp³-hybridized carbons (Fsp3) is 0.182. The van der Waals surface area contributed by atoms with E-state index in [1.54, 1.807) is 18.2 Å². The van der Waals surface area contributed by atoms with Gasteiger partial charge < -0.3 is 5.32 Å². The Labute approximate surface area is 194 Å². The summed E-state index contributed by atoms with van der Waals surface area (Å²) in [5.74, 6) is -0.429. The average molecular weight is 473 g/mol. The molecule has 31 heavy (non-hydrogen) atoms. The molecule has 0 fully saturated rings. The van der Waals surface area contributed by atoms with Crippen LogP contribution >= 0.6 is 34.7 Å². The van der Waals surface area contributed by atoms with E-state index in [0.717, 1.165) is 11.1 Å². The number of rotatable bonds is 8. The zero-order valence-electron chi connectivity index (χ0n) is 17.0. The van der Waals surface area contributed by atoms with E-state index in [1.165, 1.54) is 29.2 Å². The zero-order valence-corrected chi connectivity index (χ0v) is 19.4. The number of benzene rings is 2. The average Bonchev–Trinajstić information content (AvgIpc) is 3.20. The van der Waals surface area contributed by atoms with Crippen LogP contribution in [0.15, 0.2) is 58.9 Å². The molecule has 0 saturated carbocycles. The molecule has 6 nitrogen and oxygen atoms in total. The maximum atomic E-state index is 12.7. The van der Waals surface area contributed by atoms with Gasteiger partial charge in [0.25, 0.3) is 0 Å². The number of carbonyl (C=O) groups excluding carboxylic acids is 2. The van der Waals surface area contributed by atoms with Gasteiger partial charge in [-0.3, -0.25) is 14.9 Å². The van der Waals surface area contributed by atoms with Gasteiger partial charge in [-0.05, 0) is 42.7 Å². The van der Waals surface area contributed by atoms with Gasteiger partial charge in [-0.1, -0.05) is 78.0 Å². The van der Waals surface area contributed by atoms with Crippen LogP contribution in [0.3, 0.4) is 0 Å². The van der Waals surface area contributed by atoms with Crippen LogP contribution in [-0.2, 0) is 9.59 Å². The van der Waals surface area contributed by atoms with Gasteiger partial charge in [-0.25, -0.2) is 0 Å². The Bertz CT molecular complexity index is 1090. The summed E-state index contributed by atoms with van der Waals surface area (Å²) >= 11 is 8.58. The number of amides is 2. The minimum atomic E-state index is -0.354. The summed E-state index contributed by atoms with van der Waals surface area (Å²) in [5, 5.41) is 14.3. The van der Waals surface area contributed by atoms with Gasteiger partial charge in [0.15, 0.2) is 4.34 Å². The van der Waals surface area contributed by atoms with Crippen LogP contribution in [0.4, 0.5) is 10.8 Å². The van der Waals surface area contributed by atoms with Crippen molar-refractivity contribution in [2.45, 2.75) is 29.9 Å². The Hall–Kier alpha value is -2.68. The van der Waals surface area contributed by atoms with Crippen LogP contribution in [0.1, 0.15) is 24.5 Å². The predicted octanol–water partition coefficient (Wildman–Crippen LogP) is 5.66. The summed E-state index contributed by atoms with van der Waals surface area (Å²) in [5.41, 5.74) is 2.55. The SMILES string of the molecule is CCC(Sc1nnc(NC(=O)/C=C/c2ccccc2)s1)C(=O)Nc1cc(Cl)ccc1C. The normalized spacial score (nSPS) is 12.0. The van der Waals surface area contributed by atoms with E-state index in [4.69, 9.17) is 11.6 Å². The summed E-state index contributed by atoms with van der Waals surface area (Å²) in [6, 6.07) is 14.9. The van der Waals surface area contributed by atoms with Gasteiger partial charge in [0, 0.05) is 16.8 Å². The van der Waals surface area contributed by atoms with Gasteiger partial charge in [-0.15, -0.1) is 10.2 Å². The number of nitrogens with one attached hydrogen (secondary N) is 2. The first-order chi connectivity index (χ1) is 14.9. The lowest BCUT2D eigenvalue weighted by Gasteiger charge is -2.14. The first-order valence-electron chi connectivity index (χ1n) is 9.56. The van der Waals surface area contributed by atoms with Crippen molar-refractivity contribution in [2.24, 2.45) is 0 Å². The minimum Gasteiger partial charge on any atom is -0.325 e. The highest BCUT2D eigenvalue weighted by Gasteiger charge is 2.21. The van der Waals surface area contributed by atoms with Crippen molar-refractivity contribution >= 4 is 63.4 Å². The molecule has 0 radical (unpaired) electrons. The van der Waals surface area contributed by atoms with Crippen molar-refractivity contribution in [3.05, 3.63) is 70.8 Å². The second-order valence-electron chi connectivity index (χ2n) is 6.57. The molecule has 9 heteroatoms. The number of nitrogens with zero attached hydrogens (tertiary/aromatic N) is 2. The van der Waals surface area contributed by atoms with E-state index in [9.17, 15) is 9.59 Å². The molecule has 0 spiro atoms. The second-order valence-corrected chi connectivity index (χ2v) is 9.43. The van der Waals surface area contributed by atoms with E-state index in [-0.39, 0.29) is 17.1 Å². The number of aromatic nitrogens is 2. The van der Waals surface area contributed by atoms with Gasteiger partial charge in [0.2, 0.25) is 16.9 Å². The van der Waals surface area contributed by atoms with Crippen LogP contribution in [-0.4, -0.2) is 27.3 Å². The molecule has 1 heterocycles. The van der Waals surface area contributed by atoms with E-state index in [0.29, 0.717) is 26.6 Å². The van der Waals surface area contributed by atoms with Crippen molar-refractivity contribution in [1.29, 1.82) is 0 Å². The lowest BCUT2D eigenvalue weighted by Crippen LogP contribution is -2.24. The molecule has 2 aromatic carbocycles. The molecular formula is C22H21ClN4O2S2. The first-order valence-corrected chi connectivity index (χ1v) is 11.6. The highest BCUT2D eigenvalue weighted by atomic mass is 35.5. The molecule has 3 rings (SSSR count). The topological polar surface area (TPSA) is 84.0 Å². The third kappa shape index (κ3) is 6.92. The molecule has 2 N–H and O–H groups in total. The van der Waals surface area contributed by atoms with E-state index < -0.39 is 0 Å². The van der Waals surface area contributed by atoms with Crippen LogP contribution in [0.2, 0.25) is 5.02 Å². The highest BCUT2D eigenvalue weighted by Crippen LogP contribution is 2.31. The number of thioether (sulfide) groups is 1. The molecule has 2 amide bonds. The Balaban J connectivity index is 1.58. The molecule has 0 aliphatic rings. The molecule has 0 aliphatic heterocycles. The molecule has 3 aromatic rings. The summed E-state index contributed by atoms with van der Waals surface area (Å²) in [6.45, 7) is 3.84. The molecule has 0 aliphatic carbocycles. The summed E-state index contributed by atoms with van der Waals surface area (Å²) < 4.78 is 0.604. The highest BCUT2D eigenvalue weighted by molar-refractivity contribution is 8.02. The molecule has 0 bridgehead atoms. The Kier molecular flexibility index (Phi) is 8.22. The molecule has 1 atom stereocenters. The molecule has 160 valence electrons. The first kappa shape index (κ1) is 23.0. The van der Waals surface area contributed by atoms with Crippen LogP contribution in [0, 0.1) is 6.92 Å². The summed E-state index contributed by atoms with van der Waals surface area (Å²) in [4.78, 5) is 24.8. The monoisotopic (exact) mass is 472 g/mol. The molecule has 1 aromatic heterocycles. The largest absolute Gasteiger partial charge is 0.325 e. The standard InChI is InChI=1S/C22H21ClN4O2S2/c1-3-18(20(29)24-17-13-16(23)11-9-14(17)2)30-22-27-26-21(31-22)25-19(28)12-10-15-7-5-4-6-8-15/h4-13,18H,3H2,1-2H3,(H,24,29)(H,25,26,28)/b12-10+. The van der Waals surface area contributed by atoms with Gasteiger partial charge in [-0.2, -0.15) is 0 Å². The maximum absolute atomic E-state index is 12.7. The van der Waals surface area contributed by atoms with Crippen molar-refractivity contribution in [2.75, 3.05) is 10.6 Å². The maximum Gasteiger partial charge on any atom is 0.250 e. The Morgan fingerprint density at radius 3 is 2.68 bits per heavy atom. The fourth-order valence-electron chi connectivity index (χ4n) is 2.58. The lowest BCUT2D eigenvalue weighted by atomic mass is 10.2. The van der Waals surface area contributed by atoms with Crippen molar-refractivity contribution < 1.29 is 9.59 Å². The summed E-state index contributed by atoms with van der Waals surface area (Å²) in [6.07, 6.45) is 3.78. The number of carbonyl (C=O) groups is 2. The predicted molar refractivity (Wildman–Crippen MR) is 129 cm³/mol. The van der Waals surface area contributed by atoms with Crippen molar-refractivity contribution in [3.63, 3.8) is 0 Å². The lowest BCUT2D eigenvalue weighted by molar-refractivity contribution is -0.115. The number of halogens is 1. The number of aryl methyl sites for hydroxylation is 1. The van der Waals surface area contributed by atoms with Gasteiger partial charge in [0.1, 0.15) is 0 Å². The van der Waals surface area contributed by atoms with Crippen LogP contribution in [0.25, 0.3) is 6.08 Å². The number of hydrogen-bond donors (Lipinski definition) is 2. The number of anilines is 2. The third-order valence-corrected chi connectivity index (χ3v) is 6.75. The van der Waals surface area contributed by atoms with E-state index in [2.05, 4.69) is 20.8 Å². The molecule has 0 saturated heterocycles. The third-order valence-electron chi connectivity index (χ3n) is 4.23. The Morgan fingerprint density at radius 1 is 1.16 bits per heavy atom. The van der Waals surface area contributed by atoms with Crippen molar-refractivity contribution in [3.8, 4) is 0 Å².